The summed E-state index contributed by atoms with van der Waals surface area (Å²) in [6.07, 6.45) is 3.35. The lowest BCUT2D eigenvalue weighted by molar-refractivity contribution is 0.271. The van der Waals surface area contributed by atoms with Crippen molar-refractivity contribution in [2.45, 2.75) is 6.61 Å². The molecule has 0 atom stereocenters. The first kappa shape index (κ1) is 15.8. The summed E-state index contributed by atoms with van der Waals surface area (Å²) in [6.45, 7) is 0.325. The van der Waals surface area contributed by atoms with Gasteiger partial charge in [-0.15, -0.1) is 10.2 Å². The van der Waals surface area contributed by atoms with Crippen LogP contribution in [0.15, 0.2) is 69.8 Å². The normalized spacial score (nSPS) is 10.8. The summed E-state index contributed by atoms with van der Waals surface area (Å²) >= 11 is 2.25. The van der Waals surface area contributed by atoms with Crippen LogP contribution in [-0.4, -0.2) is 15.2 Å². The molecule has 3 heterocycles. The van der Waals surface area contributed by atoms with Crippen molar-refractivity contribution in [2.75, 3.05) is 0 Å². The van der Waals surface area contributed by atoms with E-state index in [1.807, 2.05) is 30.3 Å². The summed E-state index contributed by atoms with van der Waals surface area (Å²) in [4.78, 5) is 3.97. The molecule has 0 fully saturated rings. The van der Waals surface area contributed by atoms with Crippen molar-refractivity contribution >= 4 is 22.6 Å². The van der Waals surface area contributed by atoms with Gasteiger partial charge in [0, 0.05) is 21.5 Å². The quantitative estimate of drug-likeness (QED) is 0.419. The third-order valence-electron chi connectivity index (χ3n) is 3.42. The number of ether oxygens (including phenoxy) is 1. The summed E-state index contributed by atoms with van der Waals surface area (Å²) in [7, 11) is 0. The summed E-state index contributed by atoms with van der Waals surface area (Å²) in [5, 5.41) is 8.07. The third kappa shape index (κ3) is 3.71. The van der Waals surface area contributed by atoms with Gasteiger partial charge >= 0.3 is 0 Å². The van der Waals surface area contributed by atoms with Gasteiger partial charge in [0.15, 0.2) is 5.76 Å². The zero-order valence-electron chi connectivity index (χ0n) is 12.9. The Labute approximate surface area is 157 Å². The zero-order valence-corrected chi connectivity index (χ0v) is 15.1. The van der Waals surface area contributed by atoms with Gasteiger partial charge in [0.1, 0.15) is 18.1 Å². The number of hydrogen-bond acceptors (Lipinski definition) is 6. The van der Waals surface area contributed by atoms with Crippen molar-refractivity contribution < 1.29 is 13.6 Å². The molecule has 124 valence electrons. The van der Waals surface area contributed by atoms with Crippen LogP contribution in [0.4, 0.5) is 0 Å². The summed E-state index contributed by atoms with van der Waals surface area (Å²) in [5.74, 6) is 2.72. The molecule has 0 unspecified atom stereocenters. The lowest BCUT2D eigenvalue weighted by Gasteiger charge is -2.03. The highest BCUT2D eigenvalue weighted by atomic mass is 127. The Morgan fingerprint density at radius 2 is 1.60 bits per heavy atom. The predicted molar refractivity (Wildman–Crippen MR) is 98.7 cm³/mol. The highest BCUT2D eigenvalue weighted by Crippen LogP contribution is 2.25. The van der Waals surface area contributed by atoms with E-state index in [9.17, 15) is 0 Å². The fourth-order valence-corrected chi connectivity index (χ4v) is 2.55. The van der Waals surface area contributed by atoms with Gasteiger partial charge in [-0.05, 0) is 71.1 Å². The number of nitrogens with zero attached hydrogens (tertiary/aromatic N) is 3. The molecular weight excluding hydrogens is 433 g/mol. The molecule has 0 amide bonds. The van der Waals surface area contributed by atoms with E-state index in [4.69, 9.17) is 13.6 Å². The van der Waals surface area contributed by atoms with Crippen molar-refractivity contribution in [3.05, 3.63) is 70.3 Å². The molecule has 0 bridgehead atoms. The lowest BCUT2D eigenvalue weighted by atomic mass is 10.3. The van der Waals surface area contributed by atoms with Crippen molar-refractivity contribution in [3.8, 4) is 28.9 Å². The number of aromatic nitrogens is 3. The van der Waals surface area contributed by atoms with E-state index in [0.717, 1.165) is 14.9 Å². The van der Waals surface area contributed by atoms with Gasteiger partial charge in [-0.1, -0.05) is 0 Å². The molecular formula is C18H12IN3O3. The van der Waals surface area contributed by atoms with Crippen LogP contribution in [0, 0.1) is 3.57 Å². The van der Waals surface area contributed by atoms with E-state index >= 15 is 0 Å². The van der Waals surface area contributed by atoms with Gasteiger partial charge in [-0.3, -0.25) is 4.98 Å². The molecule has 3 aromatic heterocycles. The maximum absolute atomic E-state index is 5.73. The van der Waals surface area contributed by atoms with Crippen LogP contribution in [0.25, 0.3) is 23.1 Å². The maximum atomic E-state index is 5.73. The van der Waals surface area contributed by atoms with E-state index < -0.39 is 0 Å². The SMILES string of the molecule is Ic1ccc(OCc2ccc(-c3nnc(-c4ccncc4)o3)o2)cc1. The number of halogens is 1. The fourth-order valence-electron chi connectivity index (χ4n) is 2.19. The molecule has 6 nitrogen and oxygen atoms in total. The fraction of sp³-hybridized carbons (Fsp3) is 0.0556. The summed E-state index contributed by atoms with van der Waals surface area (Å²) in [6, 6.07) is 15.1. The smallest absolute Gasteiger partial charge is 0.283 e. The Morgan fingerprint density at radius 1 is 0.840 bits per heavy atom. The highest BCUT2D eigenvalue weighted by Gasteiger charge is 2.14. The second kappa shape index (κ2) is 7.06. The first-order valence-electron chi connectivity index (χ1n) is 7.49. The molecule has 0 N–H and O–H groups in total. The second-order valence-corrected chi connectivity index (χ2v) is 6.40. The zero-order chi connectivity index (χ0) is 17.1. The molecule has 4 rings (SSSR count). The van der Waals surface area contributed by atoms with E-state index in [-0.39, 0.29) is 0 Å². The minimum Gasteiger partial charge on any atom is -0.486 e. The third-order valence-corrected chi connectivity index (χ3v) is 4.14. The van der Waals surface area contributed by atoms with Crippen LogP contribution in [0.3, 0.4) is 0 Å². The van der Waals surface area contributed by atoms with Crippen molar-refractivity contribution in [3.63, 3.8) is 0 Å². The molecule has 0 radical (unpaired) electrons. The summed E-state index contributed by atoms with van der Waals surface area (Å²) in [5.41, 5.74) is 0.808. The van der Waals surface area contributed by atoms with Gasteiger partial charge in [-0.25, -0.2) is 0 Å². The average molecular weight is 445 g/mol. The Kier molecular flexibility index (Phi) is 4.47. The highest BCUT2D eigenvalue weighted by molar-refractivity contribution is 14.1. The van der Waals surface area contributed by atoms with Gasteiger partial charge in [0.05, 0.1) is 0 Å². The van der Waals surface area contributed by atoms with Gasteiger partial charge < -0.3 is 13.6 Å². The van der Waals surface area contributed by atoms with Crippen LogP contribution in [0.5, 0.6) is 5.75 Å². The number of rotatable bonds is 5. The first-order valence-corrected chi connectivity index (χ1v) is 8.57. The van der Waals surface area contributed by atoms with Crippen molar-refractivity contribution in [2.24, 2.45) is 0 Å². The van der Waals surface area contributed by atoms with Crippen molar-refractivity contribution in [1.29, 1.82) is 0 Å². The molecule has 0 saturated carbocycles. The van der Waals surface area contributed by atoms with Gasteiger partial charge in [-0.2, -0.15) is 0 Å². The van der Waals surface area contributed by atoms with E-state index in [0.29, 0.717) is 29.9 Å². The average Bonchev–Trinajstić information content (AvgIpc) is 3.31. The lowest BCUT2D eigenvalue weighted by Crippen LogP contribution is -1.93. The van der Waals surface area contributed by atoms with Crippen molar-refractivity contribution in [1.82, 2.24) is 15.2 Å². The van der Waals surface area contributed by atoms with Crippen LogP contribution in [0.2, 0.25) is 0 Å². The standard InChI is InChI=1S/C18H12IN3O3/c19-13-1-3-14(4-2-13)23-11-15-5-6-16(24-15)18-22-21-17(25-18)12-7-9-20-10-8-12/h1-10H,11H2. The van der Waals surface area contributed by atoms with E-state index in [1.54, 1.807) is 30.6 Å². The molecule has 1 aromatic carbocycles. The molecule has 0 spiro atoms. The largest absolute Gasteiger partial charge is 0.486 e. The topological polar surface area (TPSA) is 74.2 Å². The molecule has 25 heavy (non-hydrogen) atoms. The summed E-state index contributed by atoms with van der Waals surface area (Å²) < 4.78 is 18.2. The first-order chi connectivity index (χ1) is 12.3. The predicted octanol–water partition coefficient (Wildman–Crippen LogP) is 4.58. The number of pyridine rings is 1. The number of benzene rings is 1. The van der Waals surface area contributed by atoms with Crippen LogP contribution in [0.1, 0.15) is 5.76 Å². The molecule has 7 heteroatoms. The molecule has 0 aliphatic rings. The van der Waals surface area contributed by atoms with E-state index in [2.05, 4.69) is 37.8 Å². The van der Waals surface area contributed by atoms with E-state index in [1.165, 1.54) is 0 Å². The Hall–Kier alpha value is -2.68. The van der Waals surface area contributed by atoms with Crippen LogP contribution < -0.4 is 4.74 Å². The minimum absolute atomic E-state index is 0.325. The Morgan fingerprint density at radius 3 is 2.40 bits per heavy atom. The van der Waals surface area contributed by atoms with Gasteiger partial charge in [0.25, 0.3) is 5.89 Å². The number of hydrogen-bond donors (Lipinski definition) is 0. The maximum Gasteiger partial charge on any atom is 0.283 e. The molecule has 0 aliphatic carbocycles. The second-order valence-electron chi connectivity index (χ2n) is 5.16. The molecule has 0 aliphatic heterocycles. The molecule has 4 aromatic rings. The van der Waals surface area contributed by atoms with Crippen LogP contribution in [-0.2, 0) is 6.61 Å². The molecule has 0 saturated heterocycles. The van der Waals surface area contributed by atoms with Gasteiger partial charge in [0.2, 0.25) is 5.89 Å². The van der Waals surface area contributed by atoms with Crippen LogP contribution >= 0.6 is 22.6 Å². The monoisotopic (exact) mass is 445 g/mol. The Bertz CT molecular complexity index is 965. The number of furan rings is 1. The minimum atomic E-state index is 0.325. The Balaban J connectivity index is 1.46.